The summed E-state index contributed by atoms with van der Waals surface area (Å²) in [6.07, 6.45) is 5.51. The molecule has 0 radical (unpaired) electrons. The molecule has 0 fully saturated rings. The summed E-state index contributed by atoms with van der Waals surface area (Å²) >= 11 is 0. The van der Waals surface area contributed by atoms with Gasteiger partial charge in [0, 0.05) is 5.56 Å². The van der Waals surface area contributed by atoms with E-state index in [2.05, 4.69) is 19.2 Å². The normalized spacial score (nSPS) is 9.50. The molecular formula is C13H16O. The van der Waals surface area contributed by atoms with Crippen LogP contribution in [-0.2, 0) is 12.8 Å². The predicted molar refractivity (Wildman–Crippen MR) is 60.8 cm³/mol. The van der Waals surface area contributed by atoms with E-state index >= 15 is 0 Å². The van der Waals surface area contributed by atoms with Crippen LogP contribution in [0.3, 0.4) is 0 Å². The summed E-state index contributed by atoms with van der Waals surface area (Å²) in [4.78, 5) is 0. The third-order valence-corrected chi connectivity index (χ3v) is 2.16. The Labute approximate surface area is 85.7 Å². The summed E-state index contributed by atoms with van der Waals surface area (Å²) in [7, 11) is 1.69. The Morgan fingerprint density at radius 1 is 1.21 bits per heavy atom. The second kappa shape index (κ2) is 5.28. The van der Waals surface area contributed by atoms with Gasteiger partial charge in [0.05, 0.1) is 7.11 Å². The monoisotopic (exact) mass is 188 g/mol. The van der Waals surface area contributed by atoms with E-state index in [4.69, 9.17) is 4.74 Å². The van der Waals surface area contributed by atoms with Crippen LogP contribution in [0.5, 0.6) is 5.75 Å². The van der Waals surface area contributed by atoms with Crippen LogP contribution in [0.1, 0.15) is 11.1 Å². The highest BCUT2D eigenvalue weighted by atomic mass is 16.5. The first kappa shape index (κ1) is 10.6. The van der Waals surface area contributed by atoms with E-state index in [0.717, 1.165) is 18.6 Å². The first-order valence-corrected chi connectivity index (χ1v) is 4.70. The Morgan fingerprint density at radius 3 is 2.50 bits per heavy atom. The van der Waals surface area contributed by atoms with Gasteiger partial charge in [-0.3, -0.25) is 0 Å². The van der Waals surface area contributed by atoms with Crippen molar-refractivity contribution in [1.82, 2.24) is 0 Å². The van der Waals surface area contributed by atoms with Crippen molar-refractivity contribution in [3.8, 4) is 5.75 Å². The number of hydrogen-bond donors (Lipinski definition) is 0. The van der Waals surface area contributed by atoms with Crippen LogP contribution < -0.4 is 4.74 Å². The number of ether oxygens (including phenoxy) is 1. The summed E-state index contributed by atoms with van der Waals surface area (Å²) in [6.45, 7) is 7.50. The zero-order valence-electron chi connectivity index (χ0n) is 8.62. The summed E-state index contributed by atoms with van der Waals surface area (Å²) in [5.74, 6) is 0.934. The van der Waals surface area contributed by atoms with E-state index in [1.165, 1.54) is 11.1 Å². The van der Waals surface area contributed by atoms with Gasteiger partial charge in [0.25, 0.3) is 0 Å². The quantitative estimate of drug-likeness (QED) is 0.645. The number of hydrogen-bond acceptors (Lipinski definition) is 1. The predicted octanol–water partition coefficient (Wildman–Crippen LogP) is 3.15. The van der Waals surface area contributed by atoms with E-state index in [-0.39, 0.29) is 0 Å². The Morgan fingerprint density at radius 2 is 1.93 bits per heavy atom. The van der Waals surface area contributed by atoms with E-state index in [1.54, 1.807) is 7.11 Å². The number of rotatable bonds is 5. The molecule has 0 atom stereocenters. The van der Waals surface area contributed by atoms with Gasteiger partial charge >= 0.3 is 0 Å². The highest BCUT2D eigenvalue weighted by Gasteiger charge is 2.05. The zero-order valence-corrected chi connectivity index (χ0v) is 8.62. The lowest BCUT2D eigenvalue weighted by Crippen LogP contribution is -1.96. The fourth-order valence-corrected chi connectivity index (χ4v) is 1.53. The molecule has 0 amide bonds. The molecule has 0 unspecified atom stereocenters. The Bertz CT molecular complexity index is 326. The van der Waals surface area contributed by atoms with Gasteiger partial charge in [0.1, 0.15) is 5.75 Å². The molecule has 1 heteroatoms. The molecular weight excluding hydrogens is 172 g/mol. The lowest BCUT2D eigenvalue weighted by atomic mass is 10.0. The van der Waals surface area contributed by atoms with E-state index in [9.17, 15) is 0 Å². The third-order valence-electron chi connectivity index (χ3n) is 2.16. The van der Waals surface area contributed by atoms with Crippen molar-refractivity contribution >= 4 is 0 Å². The summed E-state index contributed by atoms with van der Waals surface area (Å²) < 4.78 is 5.30. The second-order valence-electron chi connectivity index (χ2n) is 3.08. The smallest absolute Gasteiger partial charge is 0.122 e. The van der Waals surface area contributed by atoms with Crippen LogP contribution >= 0.6 is 0 Å². The summed E-state index contributed by atoms with van der Waals surface area (Å²) in [5.41, 5.74) is 2.48. The molecule has 0 aliphatic heterocycles. The van der Waals surface area contributed by atoms with Gasteiger partial charge in [-0.2, -0.15) is 0 Å². The average molecular weight is 188 g/mol. The Hall–Kier alpha value is -1.50. The van der Waals surface area contributed by atoms with Crippen molar-refractivity contribution in [1.29, 1.82) is 0 Å². The first-order chi connectivity index (χ1) is 6.83. The molecule has 0 aliphatic carbocycles. The molecule has 0 aliphatic rings. The molecule has 0 saturated carbocycles. The van der Waals surface area contributed by atoms with Crippen molar-refractivity contribution in [3.63, 3.8) is 0 Å². The standard InChI is InChI=1S/C13H16O/c1-4-7-11-9-6-10-13(14-3)12(11)8-5-2/h4-6,9-10H,1-2,7-8H2,3H3. The maximum Gasteiger partial charge on any atom is 0.122 e. The van der Waals surface area contributed by atoms with Crippen LogP contribution in [0.2, 0.25) is 0 Å². The van der Waals surface area contributed by atoms with Crippen molar-refractivity contribution in [2.45, 2.75) is 12.8 Å². The molecule has 0 aromatic heterocycles. The number of methoxy groups -OCH3 is 1. The number of allylic oxidation sites excluding steroid dienone is 2. The van der Waals surface area contributed by atoms with Crippen molar-refractivity contribution in [2.75, 3.05) is 7.11 Å². The van der Waals surface area contributed by atoms with Crippen LogP contribution in [0.25, 0.3) is 0 Å². The zero-order chi connectivity index (χ0) is 10.4. The summed E-state index contributed by atoms with van der Waals surface area (Å²) in [6, 6.07) is 6.08. The minimum Gasteiger partial charge on any atom is -0.496 e. The largest absolute Gasteiger partial charge is 0.496 e. The first-order valence-electron chi connectivity index (χ1n) is 4.70. The van der Waals surface area contributed by atoms with E-state index < -0.39 is 0 Å². The molecule has 1 nitrogen and oxygen atoms in total. The minimum atomic E-state index is 0.840. The molecule has 14 heavy (non-hydrogen) atoms. The molecule has 0 heterocycles. The summed E-state index contributed by atoms with van der Waals surface area (Å²) in [5, 5.41) is 0. The van der Waals surface area contributed by atoms with Crippen molar-refractivity contribution < 1.29 is 4.74 Å². The fraction of sp³-hybridized carbons (Fsp3) is 0.231. The highest BCUT2D eigenvalue weighted by molar-refractivity contribution is 5.42. The SMILES string of the molecule is C=CCc1cccc(OC)c1CC=C. The Kier molecular flexibility index (Phi) is 3.99. The maximum absolute atomic E-state index is 5.30. The van der Waals surface area contributed by atoms with E-state index in [1.807, 2.05) is 24.3 Å². The van der Waals surface area contributed by atoms with Crippen LogP contribution in [-0.4, -0.2) is 7.11 Å². The van der Waals surface area contributed by atoms with Gasteiger partial charge in [0.2, 0.25) is 0 Å². The van der Waals surface area contributed by atoms with Gasteiger partial charge in [-0.25, -0.2) is 0 Å². The average Bonchev–Trinajstić information content (AvgIpc) is 2.21. The lowest BCUT2D eigenvalue weighted by molar-refractivity contribution is 0.410. The van der Waals surface area contributed by atoms with Gasteiger partial charge < -0.3 is 4.74 Å². The van der Waals surface area contributed by atoms with Crippen LogP contribution in [0.4, 0.5) is 0 Å². The van der Waals surface area contributed by atoms with Gasteiger partial charge in [0.15, 0.2) is 0 Å². The molecule has 74 valence electrons. The van der Waals surface area contributed by atoms with Gasteiger partial charge in [-0.1, -0.05) is 24.3 Å². The molecule has 0 spiro atoms. The molecule has 0 N–H and O–H groups in total. The number of benzene rings is 1. The van der Waals surface area contributed by atoms with Crippen molar-refractivity contribution in [3.05, 3.63) is 54.6 Å². The molecule has 1 aromatic carbocycles. The maximum atomic E-state index is 5.30. The topological polar surface area (TPSA) is 9.23 Å². The lowest BCUT2D eigenvalue weighted by Gasteiger charge is -2.10. The molecule has 1 aromatic rings. The molecule has 0 saturated heterocycles. The van der Waals surface area contributed by atoms with Gasteiger partial charge in [-0.05, 0) is 24.5 Å². The second-order valence-corrected chi connectivity index (χ2v) is 3.08. The van der Waals surface area contributed by atoms with Crippen molar-refractivity contribution in [2.24, 2.45) is 0 Å². The third kappa shape index (κ3) is 2.25. The van der Waals surface area contributed by atoms with Crippen LogP contribution in [0, 0.1) is 0 Å². The Balaban J connectivity index is 3.12. The fourth-order valence-electron chi connectivity index (χ4n) is 1.53. The molecule has 1 rings (SSSR count). The van der Waals surface area contributed by atoms with E-state index in [0.29, 0.717) is 0 Å². The van der Waals surface area contributed by atoms with Gasteiger partial charge in [-0.15, -0.1) is 13.2 Å². The van der Waals surface area contributed by atoms with Crippen LogP contribution in [0.15, 0.2) is 43.5 Å². The minimum absolute atomic E-state index is 0.840. The molecule has 0 bridgehead atoms. The highest BCUT2D eigenvalue weighted by Crippen LogP contribution is 2.23.